The summed E-state index contributed by atoms with van der Waals surface area (Å²) in [6.07, 6.45) is -13.6. The van der Waals surface area contributed by atoms with Gasteiger partial charge in [-0.3, -0.25) is 51.5 Å². The van der Waals surface area contributed by atoms with Crippen LogP contribution in [0.15, 0.2) is 34.9 Å². The van der Waals surface area contributed by atoms with Gasteiger partial charge >= 0.3 is 5.65 Å². The topological polar surface area (TPSA) is 563 Å². The number of ether oxygens (including phenoxy) is 5. The van der Waals surface area contributed by atoms with Crippen LogP contribution in [-0.4, -0.2) is 157 Å². The molecule has 0 amide bonds. The van der Waals surface area contributed by atoms with Gasteiger partial charge in [0.25, 0.3) is 48.4 Å². The fraction of sp³-hybridized carbons (Fsp3) is 0.545. The monoisotopic (exact) mass is 1150 g/mol. The van der Waals surface area contributed by atoms with E-state index in [0.717, 1.165) is 35.2 Å². The van der Waals surface area contributed by atoms with Crippen LogP contribution in [0.2, 0.25) is 0 Å². The summed E-state index contributed by atoms with van der Waals surface area (Å²) >= 11 is 0. The predicted octanol–water partition coefficient (Wildman–Crippen LogP) is -6.83. The van der Waals surface area contributed by atoms with Crippen molar-refractivity contribution in [2.24, 2.45) is 7.05 Å². The largest absolute Gasteiger partial charge is 0.756 e. The van der Waals surface area contributed by atoms with Gasteiger partial charge in [0.15, 0.2) is 41.4 Å². The van der Waals surface area contributed by atoms with Crippen LogP contribution in [0.25, 0.3) is 33.5 Å². The number of aromatic amines is 2. The second kappa shape index (κ2) is 19.6. The number of anilines is 3. The molecular formula is C33H40N15O24P4-3. The van der Waals surface area contributed by atoms with Gasteiger partial charge < -0.3 is 93.9 Å². The van der Waals surface area contributed by atoms with Crippen molar-refractivity contribution in [2.45, 2.75) is 73.1 Å². The van der Waals surface area contributed by atoms with Gasteiger partial charge in [-0.25, -0.2) is 33.1 Å². The van der Waals surface area contributed by atoms with Crippen molar-refractivity contribution in [3.8, 4) is 0 Å². The maximum Gasteiger partial charge on any atom is 0.313 e. The molecule has 4 aliphatic heterocycles. The molecule has 6 aromatic rings. The number of hydrogen-bond acceptors (Lipinski definition) is 33. The maximum atomic E-state index is 13.6. The van der Waals surface area contributed by atoms with Crippen LogP contribution >= 0.6 is 31.3 Å². The first-order valence-electron chi connectivity index (χ1n) is 21.6. The fourth-order valence-corrected chi connectivity index (χ4v) is 13.3. The number of methoxy groups -OCH3 is 1. The van der Waals surface area contributed by atoms with E-state index in [-0.39, 0.29) is 51.2 Å². The molecule has 2 bridgehead atoms. The Kier molecular flexibility index (Phi) is 14.0. The molecule has 10 rings (SSSR count). The Balaban J connectivity index is 0.810. The average Bonchev–Trinajstić information content (AvgIpc) is 4.23. The highest BCUT2D eigenvalue weighted by Crippen LogP contribution is 2.63. The lowest BCUT2D eigenvalue weighted by Gasteiger charge is -2.36. The molecule has 0 saturated carbocycles. The summed E-state index contributed by atoms with van der Waals surface area (Å²) in [5, 5.41) is 32.8. The lowest BCUT2D eigenvalue weighted by molar-refractivity contribution is -0.752. The number of nitrogens with zero attached hydrogens (tertiary/aromatic N) is 10. The summed E-state index contributed by atoms with van der Waals surface area (Å²) in [6, 6.07) is 0. The van der Waals surface area contributed by atoms with E-state index < -0.39 is 142 Å². The maximum absolute atomic E-state index is 13.6. The SMILES string of the molecule is COC1[C@@H](OP(=O)([O-])OC[C@H]2O[C@@H](n3cnc4c(=O)[nH]c(N)nc43)C(O)[C@H]2O)[C@@H](COP(=O)([O-])OP(=O)([O-])OP(=O)([O-])OC[C@@]23COC([C@H]([n+]4cn(C)c5c(=O)[nH]c(N)nc54)O2)[C@H]3O)O[C@H]1n1cnc2c(N)ncnc21. The van der Waals surface area contributed by atoms with Crippen molar-refractivity contribution in [2.75, 3.05) is 50.7 Å². The number of aryl methyl sites for hydroxylation is 1. The minimum Gasteiger partial charge on any atom is -0.756 e. The molecule has 10 heterocycles. The zero-order chi connectivity index (χ0) is 54.6. The van der Waals surface area contributed by atoms with Crippen molar-refractivity contribution in [1.29, 1.82) is 0 Å². The summed E-state index contributed by atoms with van der Waals surface area (Å²) in [6.45, 7) is -4.16. The van der Waals surface area contributed by atoms with Crippen LogP contribution in [0.1, 0.15) is 18.7 Å². The first-order valence-corrected chi connectivity index (χ1v) is 27.4. The van der Waals surface area contributed by atoms with E-state index in [1.165, 1.54) is 22.5 Å². The average molecular weight is 1150 g/mol. The Morgan fingerprint density at radius 2 is 1.42 bits per heavy atom. The Morgan fingerprint density at radius 3 is 2.14 bits per heavy atom. The number of H-pyrrole nitrogens is 2. The number of rotatable bonds is 19. The molecule has 0 aromatic carbocycles. The number of nitrogen functional groups attached to an aromatic ring is 3. The number of aromatic nitrogens is 12. The van der Waals surface area contributed by atoms with E-state index in [4.69, 9.17) is 59.0 Å². The smallest absolute Gasteiger partial charge is 0.313 e. The van der Waals surface area contributed by atoms with Crippen LogP contribution in [0.4, 0.5) is 17.7 Å². The number of aliphatic hydroxyl groups excluding tert-OH is 3. The standard InChI is InChI=1S/C33H43N15O24P4/c1-45-10-48(25-15(45)27(53)44-32(36)42-25)30-20-21(51)33(69-30,5-63-20)6-66-75(58,59)72-76(60,61)71-74(56,57)65-4-12-18(19(62-2)29(68-12)46-8-39-13-22(34)37-7-38-23(13)46)70-73(54,55)64-3-11-16(49)17(50)28(67-11)47-9-40-14-24(47)41-31(35)43-26(14)52/h7-12,16-21,28-30,49-51H,3-6H2,1-2H3,(H11-,34,35,36,37,38,41,42,43,44,52,53,54,55,56,57,58,59,60,61)/p-3/t11-,12-,16+,17?,18+,19?,20?,21-,28-,29-,30-,33-/m1/s1. The predicted molar refractivity (Wildman–Crippen MR) is 233 cm³/mol. The summed E-state index contributed by atoms with van der Waals surface area (Å²) in [7, 11) is -22.3. The van der Waals surface area contributed by atoms with Gasteiger partial charge in [0, 0.05) is 7.11 Å². The van der Waals surface area contributed by atoms with Crippen molar-refractivity contribution >= 4 is 82.5 Å². The van der Waals surface area contributed by atoms with E-state index in [2.05, 4.69) is 48.5 Å². The number of fused-ring (bicyclic) bond motifs is 5. The molecular weight excluding hydrogens is 1110 g/mol. The van der Waals surface area contributed by atoms with Gasteiger partial charge in [-0.2, -0.15) is 4.98 Å². The van der Waals surface area contributed by atoms with Crippen LogP contribution in [0.3, 0.4) is 0 Å². The zero-order valence-electron chi connectivity index (χ0n) is 38.4. The molecule has 0 spiro atoms. The molecule has 7 unspecified atom stereocenters. The zero-order valence-corrected chi connectivity index (χ0v) is 42.0. The molecule has 6 aromatic heterocycles. The highest BCUT2D eigenvalue weighted by Gasteiger charge is 2.64. The second-order valence-electron chi connectivity index (χ2n) is 17.1. The van der Waals surface area contributed by atoms with E-state index in [9.17, 15) is 62.7 Å². The van der Waals surface area contributed by atoms with Crippen LogP contribution in [-0.2, 0) is 75.7 Å². The molecule has 4 fully saturated rings. The first kappa shape index (κ1) is 54.2. The van der Waals surface area contributed by atoms with Gasteiger partial charge in [-0.05, 0) is 0 Å². The van der Waals surface area contributed by atoms with Gasteiger partial charge in [0.2, 0.25) is 17.7 Å². The molecule has 414 valence electrons. The number of phosphoric ester groups is 3. The minimum atomic E-state index is -6.58. The molecule has 16 atom stereocenters. The molecule has 0 aliphatic carbocycles. The van der Waals surface area contributed by atoms with Gasteiger partial charge in [0.1, 0.15) is 66.3 Å². The minimum absolute atomic E-state index is 0.0171. The molecule has 76 heavy (non-hydrogen) atoms. The van der Waals surface area contributed by atoms with E-state index in [0.29, 0.717) is 0 Å². The number of aliphatic hydroxyl groups is 3. The summed E-state index contributed by atoms with van der Waals surface area (Å²) < 4.78 is 114. The number of hydrogen-bond donors (Lipinski definition) is 8. The normalized spacial score (nSPS) is 31.8. The number of nitrogens with one attached hydrogen (secondary N) is 2. The fourth-order valence-electron chi connectivity index (χ4n) is 8.92. The molecule has 4 aliphatic rings. The van der Waals surface area contributed by atoms with Crippen LogP contribution in [0, 0.1) is 0 Å². The number of imidazole rings is 3. The summed E-state index contributed by atoms with van der Waals surface area (Å²) in [5.41, 5.74) is 13.5. The molecule has 43 heteroatoms. The van der Waals surface area contributed by atoms with E-state index in [1.807, 2.05) is 0 Å². The molecule has 39 nitrogen and oxygen atoms in total. The van der Waals surface area contributed by atoms with Gasteiger partial charge in [0.05, 0.1) is 46.1 Å². The third kappa shape index (κ3) is 10.0. The molecule has 4 saturated heterocycles. The van der Waals surface area contributed by atoms with E-state index in [1.54, 1.807) is 0 Å². The Morgan fingerprint density at radius 1 is 0.789 bits per heavy atom. The number of phosphoric acid groups is 4. The van der Waals surface area contributed by atoms with Gasteiger partial charge in [-0.1, -0.05) is 4.98 Å². The van der Waals surface area contributed by atoms with Gasteiger partial charge in [-0.15, -0.1) is 0 Å². The highest BCUT2D eigenvalue weighted by molar-refractivity contribution is 7.65. The lowest BCUT2D eigenvalue weighted by Crippen LogP contribution is -2.50. The van der Waals surface area contributed by atoms with Crippen LogP contribution < -0.4 is 52.5 Å². The highest BCUT2D eigenvalue weighted by atomic mass is 31.3. The number of nitrogens with two attached hydrogens (primary N) is 3. The molecule has 11 N–H and O–H groups in total. The quantitative estimate of drug-likeness (QED) is 0.0276. The van der Waals surface area contributed by atoms with Crippen molar-refractivity contribution in [3.05, 3.63) is 46.0 Å². The van der Waals surface area contributed by atoms with E-state index >= 15 is 0 Å². The van der Waals surface area contributed by atoms with Crippen molar-refractivity contribution in [1.82, 2.24) is 53.6 Å². The summed E-state index contributed by atoms with van der Waals surface area (Å²) in [5.74, 6) is -0.716. The summed E-state index contributed by atoms with van der Waals surface area (Å²) in [4.78, 5) is 106. The van der Waals surface area contributed by atoms with Crippen LogP contribution in [0.5, 0.6) is 0 Å². The van der Waals surface area contributed by atoms with Crippen molar-refractivity contribution in [3.63, 3.8) is 0 Å². The Bertz CT molecular complexity index is 3560. The third-order valence-corrected chi connectivity index (χ3v) is 17.3. The lowest BCUT2D eigenvalue weighted by atomic mass is 10.0. The Labute approximate surface area is 420 Å². The second-order valence-corrected chi connectivity index (χ2v) is 23.0. The molecule has 0 radical (unpaired) electrons. The Hall–Kier alpha value is -5.15. The first-order chi connectivity index (χ1) is 35.7. The third-order valence-electron chi connectivity index (χ3n) is 12.3. The van der Waals surface area contributed by atoms with Crippen molar-refractivity contribution < 1.29 is 108 Å².